The molecular weight excluding hydrogens is 344 g/mol. The molecule has 2 aromatic heterocycles. The number of carbonyl (C=O) groups excluding carboxylic acids is 1. The first-order valence-electron chi connectivity index (χ1n) is 6.81. The summed E-state index contributed by atoms with van der Waals surface area (Å²) in [4.78, 5) is 16.2. The number of nitrogens with one attached hydrogen (secondary N) is 2. The molecular formula is C14H18Cl2FN5O. The van der Waals surface area contributed by atoms with Gasteiger partial charge in [-0.25, -0.2) is 4.39 Å². The van der Waals surface area contributed by atoms with E-state index in [-0.39, 0.29) is 43.7 Å². The topological polar surface area (TPSA) is 71.8 Å². The van der Waals surface area contributed by atoms with E-state index in [1.54, 1.807) is 23.3 Å². The lowest BCUT2D eigenvalue weighted by Crippen LogP contribution is -2.35. The summed E-state index contributed by atoms with van der Waals surface area (Å²) in [6.45, 7) is 0.766. The fraction of sp³-hybridized carbons (Fsp3) is 0.357. The van der Waals surface area contributed by atoms with E-state index in [4.69, 9.17) is 0 Å². The van der Waals surface area contributed by atoms with Gasteiger partial charge in [-0.15, -0.1) is 24.8 Å². The molecule has 0 saturated carbocycles. The fourth-order valence-corrected chi connectivity index (χ4v) is 2.29. The number of halogens is 3. The van der Waals surface area contributed by atoms with Crippen molar-refractivity contribution in [2.24, 2.45) is 0 Å². The van der Waals surface area contributed by atoms with Crippen molar-refractivity contribution in [2.75, 3.05) is 11.9 Å². The second-order valence-corrected chi connectivity index (χ2v) is 5.03. The molecule has 3 heterocycles. The molecule has 0 spiro atoms. The van der Waals surface area contributed by atoms with Gasteiger partial charge >= 0.3 is 0 Å². The zero-order valence-corrected chi connectivity index (χ0v) is 13.8. The minimum atomic E-state index is -0.951. The third kappa shape index (κ3) is 5.16. The number of anilines is 1. The van der Waals surface area contributed by atoms with Crippen molar-refractivity contribution in [3.63, 3.8) is 0 Å². The van der Waals surface area contributed by atoms with Crippen molar-refractivity contribution in [1.29, 1.82) is 0 Å². The number of pyridine rings is 1. The van der Waals surface area contributed by atoms with E-state index in [0.29, 0.717) is 12.2 Å². The molecule has 2 aromatic rings. The van der Waals surface area contributed by atoms with E-state index >= 15 is 0 Å². The maximum Gasteiger partial charge on any atom is 0.241 e. The summed E-state index contributed by atoms with van der Waals surface area (Å²) in [7, 11) is 0. The number of carbonyl (C=O) groups is 1. The van der Waals surface area contributed by atoms with Crippen LogP contribution < -0.4 is 10.6 Å². The van der Waals surface area contributed by atoms with E-state index in [9.17, 15) is 9.18 Å². The molecule has 9 heteroatoms. The van der Waals surface area contributed by atoms with Gasteiger partial charge in [0.05, 0.1) is 30.2 Å². The maximum absolute atomic E-state index is 13.1. The number of aromatic nitrogens is 3. The highest BCUT2D eigenvalue weighted by molar-refractivity contribution is 5.94. The SMILES string of the molecule is Cl.Cl.O=C(Nc1cnn(Cc2ccccn2)c1)[C@H]1C[C@H](F)CN1. The van der Waals surface area contributed by atoms with Gasteiger partial charge < -0.3 is 10.6 Å². The van der Waals surface area contributed by atoms with Crippen molar-refractivity contribution in [3.8, 4) is 0 Å². The summed E-state index contributed by atoms with van der Waals surface area (Å²) < 4.78 is 14.7. The number of hydrogen-bond acceptors (Lipinski definition) is 4. The van der Waals surface area contributed by atoms with Crippen LogP contribution in [-0.2, 0) is 11.3 Å². The molecule has 3 rings (SSSR count). The van der Waals surface area contributed by atoms with Gasteiger partial charge in [0.25, 0.3) is 0 Å². The quantitative estimate of drug-likeness (QED) is 0.870. The van der Waals surface area contributed by atoms with Crippen molar-refractivity contribution in [3.05, 3.63) is 42.5 Å². The Balaban J connectivity index is 0.00000132. The van der Waals surface area contributed by atoms with Gasteiger partial charge in [-0.2, -0.15) is 5.10 Å². The Labute approximate surface area is 145 Å². The Morgan fingerprint density at radius 2 is 2.26 bits per heavy atom. The van der Waals surface area contributed by atoms with Crippen LogP contribution in [0.2, 0.25) is 0 Å². The zero-order valence-electron chi connectivity index (χ0n) is 12.2. The molecule has 1 saturated heterocycles. The molecule has 0 aromatic carbocycles. The minimum Gasteiger partial charge on any atom is -0.322 e. The van der Waals surface area contributed by atoms with Crippen LogP contribution in [0.4, 0.5) is 10.1 Å². The summed E-state index contributed by atoms with van der Waals surface area (Å²) in [5.41, 5.74) is 1.48. The number of hydrogen-bond donors (Lipinski definition) is 2. The lowest BCUT2D eigenvalue weighted by atomic mass is 10.2. The Hall–Kier alpha value is -1.70. The standard InChI is InChI=1S/C14H16FN5O.2ClH/c15-10-5-13(17-6-10)14(21)19-12-7-18-20(9-12)8-11-3-1-2-4-16-11;;/h1-4,7,9-10,13,17H,5-6,8H2,(H,19,21);2*1H/t10-,13+;;/m0../s1. The first-order valence-corrected chi connectivity index (χ1v) is 6.81. The molecule has 6 nitrogen and oxygen atoms in total. The van der Waals surface area contributed by atoms with Gasteiger partial charge in [0.15, 0.2) is 0 Å². The van der Waals surface area contributed by atoms with Gasteiger partial charge in [0.1, 0.15) is 6.17 Å². The van der Waals surface area contributed by atoms with Gasteiger partial charge in [-0.05, 0) is 12.1 Å². The highest BCUT2D eigenvalue weighted by Crippen LogP contribution is 2.13. The predicted molar refractivity (Wildman–Crippen MR) is 90.0 cm³/mol. The van der Waals surface area contributed by atoms with E-state index in [0.717, 1.165) is 5.69 Å². The highest BCUT2D eigenvalue weighted by Gasteiger charge is 2.29. The second-order valence-electron chi connectivity index (χ2n) is 5.03. The van der Waals surface area contributed by atoms with Crippen molar-refractivity contribution in [1.82, 2.24) is 20.1 Å². The molecule has 126 valence electrons. The molecule has 2 N–H and O–H groups in total. The highest BCUT2D eigenvalue weighted by atomic mass is 35.5. The molecule has 0 radical (unpaired) electrons. The van der Waals surface area contributed by atoms with Crippen LogP contribution in [0.1, 0.15) is 12.1 Å². The van der Waals surface area contributed by atoms with Gasteiger partial charge in [0.2, 0.25) is 5.91 Å². The first-order chi connectivity index (χ1) is 10.2. The molecule has 1 aliphatic rings. The normalized spacial score (nSPS) is 19.5. The monoisotopic (exact) mass is 361 g/mol. The first kappa shape index (κ1) is 19.3. The molecule has 2 atom stereocenters. The average molecular weight is 362 g/mol. The van der Waals surface area contributed by atoms with Gasteiger partial charge in [-0.1, -0.05) is 6.07 Å². The van der Waals surface area contributed by atoms with Crippen LogP contribution in [-0.4, -0.2) is 39.4 Å². The van der Waals surface area contributed by atoms with Crippen molar-refractivity contribution >= 4 is 36.4 Å². The molecule has 1 amide bonds. The van der Waals surface area contributed by atoms with E-state index in [1.807, 2.05) is 18.2 Å². The predicted octanol–water partition coefficient (Wildman–Crippen LogP) is 1.81. The van der Waals surface area contributed by atoms with Gasteiger partial charge in [0, 0.05) is 25.4 Å². The summed E-state index contributed by atoms with van der Waals surface area (Å²) in [6.07, 6.45) is 4.29. The van der Waals surface area contributed by atoms with Crippen LogP contribution in [0, 0.1) is 0 Å². The minimum absolute atomic E-state index is 0. The molecule has 0 bridgehead atoms. The average Bonchev–Trinajstić information content (AvgIpc) is 3.09. The van der Waals surface area contributed by atoms with E-state index in [2.05, 4.69) is 20.7 Å². The lowest BCUT2D eigenvalue weighted by Gasteiger charge is -2.08. The molecule has 0 aliphatic carbocycles. The van der Waals surface area contributed by atoms with Crippen LogP contribution in [0.15, 0.2) is 36.8 Å². The van der Waals surface area contributed by atoms with E-state index < -0.39 is 12.2 Å². The van der Waals surface area contributed by atoms with Crippen LogP contribution >= 0.6 is 24.8 Å². The van der Waals surface area contributed by atoms with Crippen LogP contribution in [0.3, 0.4) is 0 Å². The Morgan fingerprint density at radius 3 is 2.91 bits per heavy atom. The third-order valence-electron chi connectivity index (χ3n) is 3.34. The van der Waals surface area contributed by atoms with Crippen LogP contribution in [0.25, 0.3) is 0 Å². The Bertz CT molecular complexity index is 625. The molecule has 0 unspecified atom stereocenters. The van der Waals surface area contributed by atoms with Crippen molar-refractivity contribution < 1.29 is 9.18 Å². The van der Waals surface area contributed by atoms with Crippen molar-refractivity contribution in [2.45, 2.75) is 25.2 Å². The number of alkyl halides is 1. The molecule has 1 fully saturated rings. The maximum atomic E-state index is 13.1. The third-order valence-corrected chi connectivity index (χ3v) is 3.34. The van der Waals surface area contributed by atoms with E-state index in [1.165, 1.54) is 0 Å². The summed E-state index contributed by atoms with van der Waals surface area (Å²) >= 11 is 0. The summed E-state index contributed by atoms with van der Waals surface area (Å²) in [6, 6.07) is 5.20. The Morgan fingerprint density at radius 1 is 1.43 bits per heavy atom. The summed E-state index contributed by atoms with van der Waals surface area (Å²) in [5, 5.41) is 9.76. The fourth-order valence-electron chi connectivity index (χ4n) is 2.29. The smallest absolute Gasteiger partial charge is 0.241 e. The number of nitrogens with zero attached hydrogens (tertiary/aromatic N) is 3. The lowest BCUT2D eigenvalue weighted by molar-refractivity contribution is -0.117. The Kier molecular flexibility index (Phi) is 7.41. The number of amides is 1. The summed E-state index contributed by atoms with van der Waals surface area (Å²) in [5.74, 6) is -0.229. The molecule has 1 aliphatic heterocycles. The second kappa shape index (κ2) is 8.81. The zero-order chi connectivity index (χ0) is 14.7. The largest absolute Gasteiger partial charge is 0.322 e. The van der Waals surface area contributed by atoms with Crippen LogP contribution in [0.5, 0.6) is 0 Å². The molecule has 23 heavy (non-hydrogen) atoms. The number of rotatable bonds is 4. The van der Waals surface area contributed by atoms with Gasteiger partial charge in [-0.3, -0.25) is 14.5 Å².